The second kappa shape index (κ2) is 8.46. The van der Waals surface area contributed by atoms with E-state index in [4.69, 9.17) is 21.5 Å². The molecule has 0 aromatic carbocycles. The molecule has 0 saturated heterocycles. The summed E-state index contributed by atoms with van der Waals surface area (Å²) in [5.41, 5.74) is 9.25. The van der Waals surface area contributed by atoms with Gasteiger partial charge in [0.2, 0.25) is 0 Å². The predicted octanol–water partition coefficient (Wildman–Crippen LogP) is 2.19. The summed E-state index contributed by atoms with van der Waals surface area (Å²) in [5.74, 6) is -0.112. The van der Waals surface area contributed by atoms with Gasteiger partial charge in [0, 0.05) is 23.3 Å². The number of hydrogen-bond donors (Lipinski definition) is 3. The van der Waals surface area contributed by atoms with Crippen molar-refractivity contribution >= 4 is 40.9 Å². The summed E-state index contributed by atoms with van der Waals surface area (Å²) in [6.45, 7) is 1.76. The number of aliphatic imine (C=N–C) groups is 1. The summed E-state index contributed by atoms with van der Waals surface area (Å²) < 4.78 is 0. The van der Waals surface area contributed by atoms with Crippen LogP contribution in [0.1, 0.15) is 47.0 Å². The van der Waals surface area contributed by atoms with Crippen LogP contribution >= 0.6 is 11.3 Å². The Labute approximate surface area is 177 Å². The van der Waals surface area contributed by atoms with Crippen LogP contribution < -0.4 is 16.3 Å². The summed E-state index contributed by atoms with van der Waals surface area (Å²) in [5, 5.41) is 18.4. The molecular weight excluding hydrogens is 394 g/mol. The first kappa shape index (κ1) is 19.8. The van der Waals surface area contributed by atoms with Crippen molar-refractivity contribution in [2.75, 3.05) is 0 Å². The van der Waals surface area contributed by atoms with Gasteiger partial charge in [0.25, 0.3) is 0 Å². The Morgan fingerprint density at radius 2 is 2.07 bits per heavy atom. The third kappa shape index (κ3) is 3.69. The van der Waals surface area contributed by atoms with Gasteiger partial charge in [-0.15, -0.1) is 11.3 Å². The van der Waals surface area contributed by atoms with Crippen molar-refractivity contribution in [2.45, 2.75) is 25.7 Å². The number of fused-ring (bicyclic) bond motifs is 1. The van der Waals surface area contributed by atoms with Crippen molar-refractivity contribution < 1.29 is 0 Å². The predicted molar refractivity (Wildman–Crippen MR) is 121 cm³/mol. The van der Waals surface area contributed by atoms with E-state index in [1.54, 1.807) is 19.3 Å². The lowest BCUT2D eigenvalue weighted by atomic mass is 9.97. The van der Waals surface area contributed by atoms with Crippen LogP contribution in [0.25, 0.3) is 11.6 Å². The Morgan fingerprint density at radius 1 is 1.23 bits per heavy atom. The Balaban J connectivity index is 1.97. The SMILES string of the molecule is CC(=N)C(c1ccccn1)c1nc(C2=c3cccnc3=CCC2)c(C(N)=NC=N)s1. The van der Waals surface area contributed by atoms with Crippen LogP contribution in [-0.2, 0) is 0 Å². The molecule has 0 saturated carbocycles. The van der Waals surface area contributed by atoms with Crippen molar-refractivity contribution in [2.24, 2.45) is 10.7 Å². The van der Waals surface area contributed by atoms with Gasteiger partial charge in [-0.2, -0.15) is 0 Å². The molecule has 1 aliphatic rings. The minimum atomic E-state index is -0.361. The monoisotopic (exact) mass is 415 g/mol. The Bertz CT molecular complexity index is 1260. The van der Waals surface area contributed by atoms with Crippen LogP contribution in [0, 0.1) is 10.8 Å². The molecule has 1 aliphatic carbocycles. The first-order chi connectivity index (χ1) is 14.6. The van der Waals surface area contributed by atoms with E-state index in [0.717, 1.165) is 51.7 Å². The average molecular weight is 416 g/mol. The highest BCUT2D eigenvalue weighted by Crippen LogP contribution is 2.33. The highest BCUT2D eigenvalue weighted by atomic mass is 32.1. The zero-order chi connectivity index (χ0) is 21.1. The number of nitrogens with zero attached hydrogens (tertiary/aromatic N) is 4. The maximum Gasteiger partial charge on any atom is 0.144 e. The fourth-order valence-corrected chi connectivity index (χ4v) is 4.80. The molecule has 7 nitrogen and oxygen atoms in total. The second-order valence-corrected chi connectivity index (χ2v) is 7.93. The van der Waals surface area contributed by atoms with Gasteiger partial charge in [-0.3, -0.25) is 15.4 Å². The van der Waals surface area contributed by atoms with E-state index in [9.17, 15) is 0 Å². The molecule has 1 atom stereocenters. The molecule has 0 amide bonds. The van der Waals surface area contributed by atoms with Crippen molar-refractivity contribution in [3.63, 3.8) is 0 Å². The number of amidine groups is 1. The molecule has 0 bridgehead atoms. The van der Waals surface area contributed by atoms with Crippen molar-refractivity contribution in [1.82, 2.24) is 15.0 Å². The van der Waals surface area contributed by atoms with Crippen molar-refractivity contribution in [3.05, 3.63) is 74.6 Å². The lowest BCUT2D eigenvalue weighted by Gasteiger charge is -2.12. The number of nitrogens with two attached hydrogens (primary N) is 1. The third-order valence-electron chi connectivity index (χ3n) is 4.93. The lowest BCUT2D eigenvalue weighted by molar-refractivity contribution is 0.953. The molecule has 150 valence electrons. The molecule has 4 N–H and O–H groups in total. The average Bonchev–Trinajstić information content (AvgIpc) is 3.19. The molecule has 1 unspecified atom stereocenters. The molecule has 0 fully saturated rings. The fourth-order valence-electron chi connectivity index (χ4n) is 3.62. The Kier molecular flexibility index (Phi) is 5.58. The highest BCUT2D eigenvalue weighted by molar-refractivity contribution is 7.14. The van der Waals surface area contributed by atoms with Gasteiger partial charge < -0.3 is 11.1 Å². The van der Waals surface area contributed by atoms with E-state index in [2.05, 4.69) is 21.0 Å². The zero-order valence-corrected chi connectivity index (χ0v) is 17.3. The fraction of sp³-hybridized carbons (Fsp3) is 0.182. The molecule has 30 heavy (non-hydrogen) atoms. The lowest BCUT2D eigenvalue weighted by Crippen LogP contribution is -2.33. The maximum atomic E-state index is 8.36. The number of rotatable bonds is 6. The van der Waals surface area contributed by atoms with Gasteiger partial charge >= 0.3 is 0 Å². The molecule has 0 spiro atoms. The van der Waals surface area contributed by atoms with Gasteiger partial charge in [0.15, 0.2) is 0 Å². The van der Waals surface area contributed by atoms with Crippen LogP contribution in [0.15, 0.2) is 47.7 Å². The van der Waals surface area contributed by atoms with Crippen LogP contribution in [0.4, 0.5) is 0 Å². The molecule has 3 aromatic rings. The van der Waals surface area contributed by atoms with Crippen molar-refractivity contribution in [1.29, 1.82) is 10.8 Å². The molecule has 0 radical (unpaired) electrons. The minimum Gasteiger partial charge on any atom is -0.382 e. The normalized spacial score (nSPS) is 14.6. The quantitative estimate of drug-likeness (QED) is 0.421. The Morgan fingerprint density at radius 3 is 2.80 bits per heavy atom. The molecule has 3 heterocycles. The molecule has 0 aliphatic heterocycles. The van der Waals surface area contributed by atoms with Crippen LogP contribution in [0.5, 0.6) is 0 Å². The van der Waals surface area contributed by atoms with E-state index in [0.29, 0.717) is 10.6 Å². The smallest absolute Gasteiger partial charge is 0.144 e. The molecule has 8 heteroatoms. The first-order valence-corrected chi connectivity index (χ1v) is 10.4. The Hall–Kier alpha value is -3.52. The topological polar surface area (TPSA) is 125 Å². The van der Waals surface area contributed by atoms with Gasteiger partial charge in [-0.05, 0) is 43.5 Å². The first-order valence-electron chi connectivity index (χ1n) is 9.54. The molecular formula is C22H21N7S. The van der Waals surface area contributed by atoms with Gasteiger partial charge in [0.1, 0.15) is 17.2 Å². The van der Waals surface area contributed by atoms with E-state index >= 15 is 0 Å². The van der Waals surface area contributed by atoms with Crippen LogP contribution in [0.3, 0.4) is 0 Å². The van der Waals surface area contributed by atoms with Gasteiger partial charge in [0.05, 0.1) is 27.5 Å². The summed E-state index contributed by atoms with van der Waals surface area (Å²) in [7, 11) is 0. The maximum absolute atomic E-state index is 8.36. The van der Waals surface area contributed by atoms with E-state index < -0.39 is 0 Å². The highest BCUT2D eigenvalue weighted by Gasteiger charge is 2.27. The van der Waals surface area contributed by atoms with E-state index in [-0.39, 0.29) is 11.8 Å². The number of thiazole rings is 1. The summed E-state index contributed by atoms with van der Waals surface area (Å²) >= 11 is 1.40. The largest absolute Gasteiger partial charge is 0.382 e. The summed E-state index contributed by atoms with van der Waals surface area (Å²) in [4.78, 5) is 18.6. The zero-order valence-electron chi connectivity index (χ0n) is 16.5. The minimum absolute atomic E-state index is 0.249. The van der Waals surface area contributed by atoms with Crippen molar-refractivity contribution in [3.8, 4) is 0 Å². The van der Waals surface area contributed by atoms with E-state index in [1.807, 2.05) is 30.3 Å². The standard InChI is InChI=1S/C22H21N7S/c1-13(24)18(17-8-2-3-10-27-17)22-29-19(20(30-22)21(25)28-12-23)15-6-4-9-16-14(15)7-5-11-26-16/h2-3,5,7-12,18,24H,4,6H2,1H3,(H3,23,25,28). The third-order valence-corrected chi connectivity index (χ3v) is 6.07. The summed E-state index contributed by atoms with van der Waals surface area (Å²) in [6.07, 6.45) is 8.24. The number of hydrogen-bond acceptors (Lipinski definition) is 6. The number of pyridine rings is 2. The van der Waals surface area contributed by atoms with E-state index in [1.165, 1.54) is 11.3 Å². The summed E-state index contributed by atoms with van der Waals surface area (Å²) in [6, 6.07) is 9.62. The van der Waals surface area contributed by atoms with Gasteiger partial charge in [-0.1, -0.05) is 18.2 Å². The van der Waals surface area contributed by atoms with Crippen LogP contribution in [-0.4, -0.2) is 32.8 Å². The number of nitrogens with one attached hydrogen (secondary N) is 2. The van der Waals surface area contributed by atoms with Gasteiger partial charge in [-0.25, -0.2) is 9.98 Å². The number of aromatic nitrogens is 3. The van der Waals surface area contributed by atoms with Crippen LogP contribution in [0.2, 0.25) is 0 Å². The second-order valence-electron chi connectivity index (χ2n) is 6.90. The molecule has 4 rings (SSSR count). The molecule has 3 aromatic heterocycles.